The van der Waals surface area contributed by atoms with Crippen LogP contribution in [-0.4, -0.2) is 54.0 Å². The Morgan fingerprint density at radius 3 is 2.31 bits per heavy atom. The van der Waals surface area contributed by atoms with Gasteiger partial charge in [-0.05, 0) is 24.3 Å². The largest absolute Gasteiger partial charge is 0.406 e. The van der Waals surface area contributed by atoms with E-state index in [4.69, 9.17) is 23.2 Å². The zero-order valence-electron chi connectivity index (χ0n) is 16.1. The highest BCUT2D eigenvalue weighted by atomic mass is 35.5. The predicted molar refractivity (Wildman–Crippen MR) is 113 cm³/mol. The standard InChI is InChI=1S/C20H14Cl2F3N3O3S/c21-13-7-5-12(6-8-13)17-18-16(26-28(17)15-4-2-1-3-14(15)22)19(29)27(11-20(23,24)25)9-10-32(18,30)31/h1-8H,9-11H2. The molecule has 1 aliphatic rings. The molecule has 0 radical (unpaired) electrons. The van der Waals surface area contributed by atoms with E-state index in [1.54, 1.807) is 24.3 Å². The molecule has 0 saturated carbocycles. The number of carbonyl (C=O) groups excluding carboxylic acids is 1. The van der Waals surface area contributed by atoms with Gasteiger partial charge in [0.1, 0.15) is 11.4 Å². The van der Waals surface area contributed by atoms with Crippen molar-refractivity contribution in [3.63, 3.8) is 0 Å². The molecule has 1 aromatic heterocycles. The highest BCUT2D eigenvalue weighted by molar-refractivity contribution is 7.91. The predicted octanol–water partition coefficient (Wildman–Crippen LogP) is 4.64. The van der Waals surface area contributed by atoms with Gasteiger partial charge >= 0.3 is 6.18 Å². The molecule has 0 bridgehead atoms. The lowest BCUT2D eigenvalue weighted by Crippen LogP contribution is -2.40. The van der Waals surface area contributed by atoms with Crippen molar-refractivity contribution in [2.75, 3.05) is 18.8 Å². The topological polar surface area (TPSA) is 72.3 Å². The second-order valence-electron chi connectivity index (χ2n) is 7.06. The number of carbonyl (C=O) groups is 1. The molecular weight excluding hydrogens is 490 g/mol. The van der Waals surface area contributed by atoms with Gasteiger partial charge in [-0.25, -0.2) is 13.1 Å². The molecule has 2 heterocycles. The molecule has 1 aliphatic heterocycles. The van der Waals surface area contributed by atoms with Gasteiger partial charge in [-0.1, -0.05) is 47.5 Å². The van der Waals surface area contributed by atoms with E-state index in [0.29, 0.717) is 15.5 Å². The first kappa shape index (κ1) is 22.6. The van der Waals surface area contributed by atoms with Crippen LogP contribution in [0.15, 0.2) is 53.4 Å². The zero-order chi connectivity index (χ0) is 23.3. The lowest BCUT2D eigenvalue weighted by molar-refractivity contribution is -0.140. The van der Waals surface area contributed by atoms with E-state index in [2.05, 4.69) is 5.10 Å². The van der Waals surface area contributed by atoms with Gasteiger partial charge in [0.25, 0.3) is 5.91 Å². The summed E-state index contributed by atoms with van der Waals surface area (Å²) >= 11 is 12.2. The van der Waals surface area contributed by atoms with Gasteiger partial charge in [0.05, 0.1) is 22.2 Å². The third-order valence-corrected chi connectivity index (χ3v) is 7.14. The van der Waals surface area contributed by atoms with Crippen LogP contribution in [0.2, 0.25) is 10.0 Å². The number of sulfone groups is 1. The Hall–Kier alpha value is -2.56. The Labute approximate surface area is 191 Å². The van der Waals surface area contributed by atoms with Gasteiger partial charge in [-0.2, -0.15) is 18.3 Å². The van der Waals surface area contributed by atoms with E-state index in [1.165, 1.54) is 28.9 Å². The van der Waals surface area contributed by atoms with E-state index in [1.807, 2.05) is 0 Å². The molecule has 0 N–H and O–H groups in total. The van der Waals surface area contributed by atoms with Gasteiger partial charge in [-0.3, -0.25) is 4.79 Å². The number of rotatable bonds is 3. The fraction of sp³-hybridized carbons (Fsp3) is 0.200. The Kier molecular flexibility index (Phi) is 5.72. The summed E-state index contributed by atoms with van der Waals surface area (Å²) in [5.74, 6) is -1.81. The van der Waals surface area contributed by atoms with Gasteiger partial charge in [0.15, 0.2) is 15.5 Å². The van der Waals surface area contributed by atoms with Crippen LogP contribution < -0.4 is 0 Å². The summed E-state index contributed by atoms with van der Waals surface area (Å²) in [5.41, 5.74) is 0.0462. The quantitative estimate of drug-likeness (QED) is 0.521. The van der Waals surface area contributed by atoms with Crippen molar-refractivity contribution >= 4 is 38.9 Å². The molecular formula is C20H14Cl2F3N3O3S. The van der Waals surface area contributed by atoms with Crippen LogP contribution in [0.5, 0.6) is 0 Å². The molecule has 3 aromatic rings. The monoisotopic (exact) mass is 503 g/mol. The third-order valence-electron chi connectivity index (χ3n) is 4.84. The number of para-hydroxylation sites is 1. The number of aromatic nitrogens is 2. The van der Waals surface area contributed by atoms with Gasteiger partial charge in [0.2, 0.25) is 0 Å². The van der Waals surface area contributed by atoms with Crippen LogP contribution in [0.25, 0.3) is 16.9 Å². The summed E-state index contributed by atoms with van der Waals surface area (Å²) in [6.07, 6.45) is -4.70. The maximum atomic E-state index is 13.2. The highest BCUT2D eigenvalue weighted by Crippen LogP contribution is 2.37. The number of hydrogen-bond donors (Lipinski definition) is 0. The van der Waals surface area contributed by atoms with E-state index in [0.717, 1.165) is 0 Å². The number of alkyl halides is 3. The summed E-state index contributed by atoms with van der Waals surface area (Å²) in [7, 11) is -4.18. The van der Waals surface area contributed by atoms with Crippen LogP contribution in [-0.2, 0) is 9.84 Å². The second kappa shape index (κ2) is 8.09. The average Bonchev–Trinajstić information content (AvgIpc) is 3.08. The Morgan fingerprint density at radius 1 is 1.03 bits per heavy atom. The summed E-state index contributed by atoms with van der Waals surface area (Å²) < 4.78 is 66.6. The van der Waals surface area contributed by atoms with Crippen molar-refractivity contribution in [2.45, 2.75) is 11.1 Å². The molecule has 1 amide bonds. The minimum Gasteiger partial charge on any atom is -0.327 e. The maximum absolute atomic E-state index is 13.2. The van der Waals surface area contributed by atoms with Crippen molar-refractivity contribution < 1.29 is 26.4 Å². The van der Waals surface area contributed by atoms with Gasteiger partial charge in [0, 0.05) is 17.1 Å². The number of amides is 1. The minimum atomic E-state index is -4.70. The van der Waals surface area contributed by atoms with E-state index >= 15 is 0 Å². The first-order valence-electron chi connectivity index (χ1n) is 9.20. The number of halogens is 5. The van der Waals surface area contributed by atoms with Crippen molar-refractivity contribution in [2.24, 2.45) is 0 Å². The molecule has 0 unspecified atom stereocenters. The fourth-order valence-electron chi connectivity index (χ4n) is 3.45. The molecule has 12 heteroatoms. The first-order valence-corrected chi connectivity index (χ1v) is 11.6. The summed E-state index contributed by atoms with van der Waals surface area (Å²) in [5, 5.41) is 4.75. The molecule has 4 rings (SSSR count). The van der Waals surface area contributed by atoms with Crippen LogP contribution in [0.4, 0.5) is 13.2 Å². The SMILES string of the molecule is O=C1c2nn(-c3ccccc3Cl)c(-c3ccc(Cl)cc3)c2S(=O)(=O)CCN1CC(F)(F)F. The molecule has 0 spiro atoms. The maximum Gasteiger partial charge on any atom is 0.406 e. The van der Waals surface area contributed by atoms with Crippen LogP contribution >= 0.6 is 23.2 Å². The van der Waals surface area contributed by atoms with Crippen LogP contribution in [0.3, 0.4) is 0 Å². The van der Waals surface area contributed by atoms with E-state index < -0.39 is 51.4 Å². The molecule has 0 aliphatic carbocycles. The van der Waals surface area contributed by atoms with Crippen molar-refractivity contribution in [1.82, 2.24) is 14.7 Å². The summed E-state index contributed by atoms with van der Waals surface area (Å²) in [6, 6.07) is 12.5. The van der Waals surface area contributed by atoms with Crippen molar-refractivity contribution in [1.29, 1.82) is 0 Å². The number of hydrogen-bond acceptors (Lipinski definition) is 4. The average molecular weight is 504 g/mol. The molecule has 2 aromatic carbocycles. The summed E-state index contributed by atoms with van der Waals surface area (Å²) in [6.45, 7) is -2.20. The Morgan fingerprint density at radius 2 is 1.69 bits per heavy atom. The number of fused-ring (bicyclic) bond motifs is 1. The van der Waals surface area contributed by atoms with Crippen molar-refractivity contribution in [3.05, 3.63) is 64.3 Å². The zero-order valence-corrected chi connectivity index (χ0v) is 18.4. The molecule has 0 atom stereocenters. The minimum absolute atomic E-state index is 0.0203. The molecule has 168 valence electrons. The number of nitrogens with zero attached hydrogens (tertiary/aromatic N) is 3. The van der Waals surface area contributed by atoms with E-state index in [-0.39, 0.29) is 16.4 Å². The molecule has 6 nitrogen and oxygen atoms in total. The number of benzene rings is 2. The van der Waals surface area contributed by atoms with Gasteiger partial charge in [-0.15, -0.1) is 0 Å². The van der Waals surface area contributed by atoms with Crippen molar-refractivity contribution in [3.8, 4) is 16.9 Å². The lowest BCUT2D eigenvalue weighted by Gasteiger charge is -2.21. The summed E-state index contributed by atoms with van der Waals surface area (Å²) in [4.78, 5) is 13.0. The van der Waals surface area contributed by atoms with Gasteiger partial charge < -0.3 is 4.90 Å². The second-order valence-corrected chi connectivity index (χ2v) is 9.95. The first-order chi connectivity index (χ1) is 15.0. The Balaban J connectivity index is 2.03. The lowest BCUT2D eigenvalue weighted by atomic mass is 10.1. The molecule has 0 fully saturated rings. The normalized spacial score (nSPS) is 16.0. The third kappa shape index (κ3) is 4.22. The van der Waals surface area contributed by atoms with Crippen LogP contribution in [0.1, 0.15) is 10.5 Å². The van der Waals surface area contributed by atoms with Crippen LogP contribution in [0, 0.1) is 0 Å². The molecule has 0 saturated heterocycles. The fourth-order valence-corrected chi connectivity index (χ4v) is 5.38. The highest BCUT2D eigenvalue weighted by Gasteiger charge is 2.42. The smallest absolute Gasteiger partial charge is 0.327 e. The van der Waals surface area contributed by atoms with E-state index in [9.17, 15) is 26.4 Å². The molecule has 32 heavy (non-hydrogen) atoms. The Bertz CT molecular complexity index is 1310.